The number of hydrogen-bond acceptors (Lipinski definition) is 3. The number of carbonyl (C=O) groups excluding carboxylic acids is 1. The third kappa shape index (κ3) is 4.82. The van der Waals surface area contributed by atoms with Gasteiger partial charge in [-0.1, -0.05) is 50.6 Å². The molecule has 0 radical (unpaired) electrons. The number of carbonyl (C=O) groups is 1. The fourth-order valence-electron chi connectivity index (χ4n) is 2.83. The van der Waals surface area contributed by atoms with Crippen LogP contribution in [0.5, 0.6) is 0 Å². The fraction of sp³-hybridized carbons (Fsp3) is 0.611. The number of hydrogen-bond donors (Lipinski definition) is 2. The number of amides is 1. The summed E-state index contributed by atoms with van der Waals surface area (Å²) < 4.78 is 5.62. The molecule has 2 N–H and O–H groups in total. The number of rotatable bonds is 4. The molecule has 1 aromatic rings. The Morgan fingerprint density at radius 2 is 2.23 bits per heavy atom. The highest BCUT2D eigenvalue weighted by Gasteiger charge is 2.29. The van der Waals surface area contributed by atoms with E-state index >= 15 is 0 Å². The predicted octanol–water partition coefficient (Wildman–Crippen LogP) is 2.58. The van der Waals surface area contributed by atoms with Crippen molar-refractivity contribution in [2.75, 3.05) is 19.7 Å². The van der Waals surface area contributed by atoms with Crippen LogP contribution >= 0.6 is 0 Å². The van der Waals surface area contributed by atoms with Gasteiger partial charge in [-0.2, -0.15) is 0 Å². The maximum Gasteiger partial charge on any atom is 0.223 e. The van der Waals surface area contributed by atoms with Crippen molar-refractivity contribution in [2.24, 2.45) is 5.41 Å². The van der Waals surface area contributed by atoms with Gasteiger partial charge < -0.3 is 15.4 Å². The minimum Gasteiger partial charge on any atom is -0.375 e. The standard InChI is InChI=1S/C18H28N2O2/c1-13-6-5-7-14(10-13)17(18(2,3)4)20-16(21)11-15-12-19-8-9-22-15/h5-7,10,15,17,19H,8-9,11-12H2,1-4H3,(H,20,21)/t15-,17+/m0/s1. The first-order valence-corrected chi connectivity index (χ1v) is 8.04. The summed E-state index contributed by atoms with van der Waals surface area (Å²) >= 11 is 0. The molecule has 4 nitrogen and oxygen atoms in total. The molecule has 1 amide bonds. The lowest BCUT2D eigenvalue weighted by atomic mass is 9.82. The monoisotopic (exact) mass is 304 g/mol. The third-order valence-corrected chi connectivity index (χ3v) is 3.96. The maximum absolute atomic E-state index is 12.4. The molecule has 2 rings (SSSR count). The topological polar surface area (TPSA) is 50.4 Å². The number of ether oxygens (including phenoxy) is 1. The van der Waals surface area contributed by atoms with Gasteiger partial charge in [-0.3, -0.25) is 4.79 Å². The molecule has 0 bridgehead atoms. The van der Waals surface area contributed by atoms with Gasteiger partial charge in [0.2, 0.25) is 5.91 Å². The molecule has 22 heavy (non-hydrogen) atoms. The van der Waals surface area contributed by atoms with Gasteiger partial charge in [0.25, 0.3) is 0 Å². The molecular weight excluding hydrogens is 276 g/mol. The fourth-order valence-corrected chi connectivity index (χ4v) is 2.83. The van der Waals surface area contributed by atoms with E-state index in [1.54, 1.807) is 0 Å². The molecule has 0 unspecified atom stereocenters. The molecule has 1 heterocycles. The minimum atomic E-state index is -0.0465. The average Bonchev–Trinajstić information content (AvgIpc) is 2.44. The van der Waals surface area contributed by atoms with E-state index in [1.165, 1.54) is 5.56 Å². The van der Waals surface area contributed by atoms with Crippen molar-refractivity contribution < 1.29 is 9.53 Å². The Balaban J connectivity index is 2.05. The number of morpholine rings is 1. The van der Waals surface area contributed by atoms with E-state index in [4.69, 9.17) is 4.74 Å². The lowest BCUT2D eigenvalue weighted by Gasteiger charge is -2.33. The van der Waals surface area contributed by atoms with Gasteiger partial charge in [-0.25, -0.2) is 0 Å². The van der Waals surface area contributed by atoms with Crippen LogP contribution in [-0.2, 0) is 9.53 Å². The van der Waals surface area contributed by atoms with Crippen LogP contribution in [-0.4, -0.2) is 31.7 Å². The first-order chi connectivity index (χ1) is 10.4. The summed E-state index contributed by atoms with van der Waals surface area (Å²) in [5.74, 6) is 0.0510. The van der Waals surface area contributed by atoms with Gasteiger partial charge in [0.15, 0.2) is 0 Å². The van der Waals surface area contributed by atoms with E-state index < -0.39 is 0 Å². The predicted molar refractivity (Wildman–Crippen MR) is 88.7 cm³/mol. The minimum absolute atomic E-state index is 0.00329. The summed E-state index contributed by atoms with van der Waals surface area (Å²) in [5.41, 5.74) is 2.32. The summed E-state index contributed by atoms with van der Waals surface area (Å²) in [6.45, 7) is 10.8. The number of aryl methyl sites for hydroxylation is 1. The first-order valence-electron chi connectivity index (χ1n) is 8.04. The molecule has 1 saturated heterocycles. The highest BCUT2D eigenvalue weighted by Crippen LogP contribution is 2.33. The normalized spacial score (nSPS) is 20.5. The quantitative estimate of drug-likeness (QED) is 0.899. The van der Waals surface area contributed by atoms with E-state index in [0.29, 0.717) is 13.0 Å². The Labute approximate surface area is 133 Å². The summed E-state index contributed by atoms with van der Waals surface area (Å²) in [7, 11) is 0. The second-order valence-electron chi connectivity index (χ2n) is 7.18. The van der Waals surface area contributed by atoms with Crippen LogP contribution in [0.2, 0.25) is 0 Å². The number of nitrogens with one attached hydrogen (secondary N) is 2. The summed E-state index contributed by atoms with van der Waals surface area (Å²) in [6.07, 6.45) is 0.387. The highest BCUT2D eigenvalue weighted by atomic mass is 16.5. The van der Waals surface area contributed by atoms with Gasteiger partial charge in [-0.05, 0) is 17.9 Å². The summed E-state index contributed by atoms with van der Waals surface area (Å²) in [5, 5.41) is 6.46. The van der Waals surface area contributed by atoms with Crippen molar-refractivity contribution in [3.05, 3.63) is 35.4 Å². The zero-order chi connectivity index (χ0) is 16.2. The molecule has 0 aromatic heterocycles. The maximum atomic E-state index is 12.4. The van der Waals surface area contributed by atoms with E-state index in [-0.39, 0.29) is 23.5 Å². The average molecular weight is 304 g/mol. The van der Waals surface area contributed by atoms with Crippen molar-refractivity contribution in [1.82, 2.24) is 10.6 Å². The Hall–Kier alpha value is -1.39. The van der Waals surface area contributed by atoms with E-state index in [1.807, 2.05) is 6.07 Å². The van der Waals surface area contributed by atoms with Crippen LogP contribution in [0.25, 0.3) is 0 Å². The molecule has 2 atom stereocenters. The zero-order valence-electron chi connectivity index (χ0n) is 14.1. The molecule has 1 fully saturated rings. The van der Waals surface area contributed by atoms with Crippen molar-refractivity contribution >= 4 is 5.91 Å². The third-order valence-electron chi connectivity index (χ3n) is 3.96. The SMILES string of the molecule is Cc1cccc([C@@H](NC(=O)C[C@H]2CNCCO2)C(C)(C)C)c1. The van der Waals surface area contributed by atoms with Gasteiger partial charge in [-0.15, -0.1) is 0 Å². The zero-order valence-corrected chi connectivity index (χ0v) is 14.1. The van der Waals surface area contributed by atoms with E-state index in [2.05, 4.69) is 56.5 Å². The highest BCUT2D eigenvalue weighted by molar-refractivity contribution is 5.77. The van der Waals surface area contributed by atoms with Crippen molar-refractivity contribution in [3.8, 4) is 0 Å². The Bertz CT molecular complexity index is 502. The van der Waals surface area contributed by atoms with Gasteiger partial charge >= 0.3 is 0 Å². The molecule has 0 aliphatic carbocycles. The Morgan fingerprint density at radius 3 is 2.82 bits per heavy atom. The lowest BCUT2D eigenvalue weighted by molar-refractivity contribution is -0.126. The van der Waals surface area contributed by atoms with Crippen molar-refractivity contribution in [1.29, 1.82) is 0 Å². The molecular formula is C18H28N2O2. The molecule has 0 saturated carbocycles. The number of benzene rings is 1. The Morgan fingerprint density at radius 1 is 1.45 bits per heavy atom. The van der Waals surface area contributed by atoms with E-state index in [9.17, 15) is 4.79 Å². The van der Waals surface area contributed by atoms with Crippen LogP contribution in [0.3, 0.4) is 0 Å². The first kappa shape index (κ1) is 17.0. The molecule has 122 valence electrons. The van der Waals surface area contributed by atoms with Crippen LogP contribution in [0.1, 0.15) is 44.4 Å². The van der Waals surface area contributed by atoms with Crippen LogP contribution in [0, 0.1) is 12.3 Å². The van der Waals surface area contributed by atoms with Crippen LogP contribution in [0.4, 0.5) is 0 Å². The van der Waals surface area contributed by atoms with Gasteiger partial charge in [0.05, 0.1) is 25.2 Å². The smallest absolute Gasteiger partial charge is 0.223 e. The van der Waals surface area contributed by atoms with Gasteiger partial charge in [0.1, 0.15) is 0 Å². The summed E-state index contributed by atoms with van der Waals surface area (Å²) in [6, 6.07) is 8.35. The molecule has 0 spiro atoms. The van der Waals surface area contributed by atoms with Crippen molar-refractivity contribution in [2.45, 2.75) is 46.3 Å². The molecule has 1 aromatic carbocycles. The summed E-state index contributed by atoms with van der Waals surface area (Å²) in [4.78, 5) is 12.4. The Kier molecular flexibility index (Phi) is 5.59. The molecule has 1 aliphatic heterocycles. The van der Waals surface area contributed by atoms with Crippen molar-refractivity contribution in [3.63, 3.8) is 0 Å². The van der Waals surface area contributed by atoms with Gasteiger partial charge in [0, 0.05) is 13.1 Å². The van der Waals surface area contributed by atoms with Crippen LogP contribution in [0.15, 0.2) is 24.3 Å². The largest absolute Gasteiger partial charge is 0.375 e. The van der Waals surface area contributed by atoms with Crippen LogP contribution < -0.4 is 10.6 Å². The second kappa shape index (κ2) is 7.25. The molecule has 1 aliphatic rings. The van der Waals surface area contributed by atoms with E-state index in [0.717, 1.165) is 18.7 Å². The second-order valence-corrected chi connectivity index (χ2v) is 7.18. The lowest BCUT2D eigenvalue weighted by Crippen LogP contribution is -2.43. The molecule has 4 heteroatoms.